The molecular formula is C19H31IN4O2. The number of carbonyl (C=O) groups is 1. The molecule has 0 saturated heterocycles. The molecule has 1 atom stereocenters. The Bertz CT molecular complexity index is 605. The Morgan fingerprint density at radius 2 is 2.08 bits per heavy atom. The van der Waals surface area contributed by atoms with Crippen molar-refractivity contribution in [2.24, 2.45) is 10.9 Å². The van der Waals surface area contributed by atoms with E-state index in [0.717, 1.165) is 30.7 Å². The molecule has 1 aliphatic rings. The van der Waals surface area contributed by atoms with E-state index in [-0.39, 0.29) is 42.5 Å². The van der Waals surface area contributed by atoms with Gasteiger partial charge in [0.15, 0.2) is 5.96 Å². The Morgan fingerprint density at radius 1 is 1.35 bits per heavy atom. The molecule has 1 heterocycles. The maximum Gasteiger partial charge on any atom is 0.243 e. The van der Waals surface area contributed by atoms with Gasteiger partial charge in [-0.1, -0.05) is 32.0 Å². The summed E-state index contributed by atoms with van der Waals surface area (Å²) >= 11 is 0. The highest BCUT2D eigenvalue weighted by molar-refractivity contribution is 14.0. The molecule has 0 fully saturated rings. The van der Waals surface area contributed by atoms with Crippen LogP contribution in [0.5, 0.6) is 5.75 Å². The average molecular weight is 474 g/mol. The first-order valence-electron chi connectivity index (χ1n) is 8.94. The summed E-state index contributed by atoms with van der Waals surface area (Å²) < 4.78 is 5.72. The van der Waals surface area contributed by atoms with E-state index in [1.54, 1.807) is 19.0 Å². The molecule has 7 heteroatoms. The van der Waals surface area contributed by atoms with Gasteiger partial charge < -0.3 is 20.3 Å². The Hall–Kier alpha value is -1.51. The number of hydrogen-bond acceptors (Lipinski definition) is 3. The first-order valence-corrected chi connectivity index (χ1v) is 8.94. The van der Waals surface area contributed by atoms with E-state index in [4.69, 9.17) is 4.74 Å². The van der Waals surface area contributed by atoms with Crippen molar-refractivity contribution in [3.8, 4) is 5.75 Å². The molecule has 0 bridgehead atoms. The van der Waals surface area contributed by atoms with Crippen molar-refractivity contribution in [1.82, 2.24) is 15.5 Å². The van der Waals surface area contributed by atoms with Crippen molar-refractivity contribution in [2.45, 2.75) is 32.7 Å². The summed E-state index contributed by atoms with van der Waals surface area (Å²) in [5.41, 5.74) is 1.13. The van der Waals surface area contributed by atoms with Gasteiger partial charge in [0.2, 0.25) is 5.91 Å². The van der Waals surface area contributed by atoms with Gasteiger partial charge in [-0.25, -0.2) is 4.99 Å². The van der Waals surface area contributed by atoms with Gasteiger partial charge in [0, 0.05) is 32.6 Å². The second-order valence-corrected chi connectivity index (χ2v) is 6.93. The minimum Gasteiger partial charge on any atom is -0.493 e. The van der Waals surface area contributed by atoms with Crippen LogP contribution < -0.4 is 15.4 Å². The lowest BCUT2D eigenvalue weighted by Crippen LogP contribution is -2.42. The van der Waals surface area contributed by atoms with E-state index in [0.29, 0.717) is 18.5 Å². The van der Waals surface area contributed by atoms with Crippen molar-refractivity contribution in [3.63, 3.8) is 0 Å². The van der Waals surface area contributed by atoms with E-state index < -0.39 is 0 Å². The molecule has 2 N–H and O–H groups in total. The lowest BCUT2D eigenvalue weighted by atomic mass is 10.0. The minimum atomic E-state index is -0.0164. The van der Waals surface area contributed by atoms with E-state index >= 15 is 0 Å². The number of fused-ring (bicyclic) bond motifs is 1. The number of benzene rings is 1. The van der Waals surface area contributed by atoms with E-state index in [2.05, 4.69) is 35.5 Å². The van der Waals surface area contributed by atoms with Crippen molar-refractivity contribution < 1.29 is 9.53 Å². The number of aliphatic imine (C=N–C) groups is 1. The Morgan fingerprint density at radius 3 is 2.77 bits per heavy atom. The number of hydrogen-bond donors (Lipinski definition) is 2. The maximum absolute atomic E-state index is 11.9. The Kier molecular flexibility index (Phi) is 9.75. The largest absolute Gasteiger partial charge is 0.493 e. The minimum absolute atomic E-state index is 0. The molecule has 1 amide bonds. The number of rotatable bonds is 6. The second-order valence-electron chi connectivity index (χ2n) is 6.93. The molecule has 0 saturated carbocycles. The normalized spacial score (nSPS) is 16.2. The van der Waals surface area contributed by atoms with Crippen molar-refractivity contribution in [1.29, 1.82) is 0 Å². The zero-order valence-electron chi connectivity index (χ0n) is 16.1. The number of halogens is 1. The van der Waals surface area contributed by atoms with Gasteiger partial charge in [-0.05, 0) is 18.4 Å². The zero-order valence-corrected chi connectivity index (χ0v) is 18.4. The van der Waals surface area contributed by atoms with E-state index in [9.17, 15) is 4.79 Å². The van der Waals surface area contributed by atoms with Crippen LogP contribution in [0.1, 0.15) is 38.3 Å². The molecule has 0 radical (unpaired) electrons. The summed E-state index contributed by atoms with van der Waals surface area (Å²) in [5, 5.41) is 6.82. The van der Waals surface area contributed by atoms with Crippen LogP contribution in [0.25, 0.3) is 0 Å². The highest BCUT2D eigenvalue weighted by Gasteiger charge is 2.22. The maximum atomic E-state index is 11.9. The fraction of sp³-hybridized carbons (Fsp3) is 0.579. The quantitative estimate of drug-likeness (QED) is 0.378. The molecule has 1 aromatic carbocycles. The third-order valence-electron chi connectivity index (χ3n) is 4.15. The summed E-state index contributed by atoms with van der Waals surface area (Å²) in [5.74, 6) is 2.19. The molecule has 26 heavy (non-hydrogen) atoms. The number of amides is 1. The smallest absolute Gasteiger partial charge is 0.243 e. The van der Waals surface area contributed by atoms with Gasteiger partial charge in [-0.2, -0.15) is 0 Å². The Balaban J connectivity index is 0.00000338. The molecule has 0 spiro atoms. The predicted octanol–water partition coefficient (Wildman–Crippen LogP) is 2.80. The molecule has 1 aliphatic heterocycles. The third kappa shape index (κ3) is 7.01. The highest BCUT2D eigenvalue weighted by atomic mass is 127. The fourth-order valence-corrected chi connectivity index (χ4v) is 2.58. The number of likely N-dealkylation sites (N-methyl/N-ethyl adjacent to an activating group) is 1. The fourth-order valence-electron chi connectivity index (χ4n) is 2.58. The topological polar surface area (TPSA) is 66.0 Å². The number of para-hydroxylation sites is 1. The molecular weight excluding hydrogens is 443 g/mol. The molecule has 2 rings (SSSR count). The lowest BCUT2D eigenvalue weighted by Gasteiger charge is -2.28. The molecule has 0 aromatic heterocycles. The monoisotopic (exact) mass is 474 g/mol. The SMILES string of the molecule is CC(C)CCNC(=NCC(=O)N(C)C)NC1CCOc2ccccc21.I. The number of carbonyl (C=O) groups excluding carboxylic acids is 1. The van der Waals surface area contributed by atoms with Gasteiger partial charge in [-0.3, -0.25) is 4.79 Å². The molecule has 146 valence electrons. The van der Waals surface area contributed by atoms with Gasteiger partial charge in [0.1, 0.15) is 12.3 Å². The molecule has 1 unspecified atom stereocenters. The summed E-state index contributed by atoms with van der Waals surface area (Å²) in [6.07, 6.45) is 1.91. The van der Waals surface area contributed by atoms with Crippen LogP contribution in [0.2, 0.25) is 0 Å². The average Bonchev–Trinajstić information content (AvgIpc) is 2.59. The molecule has 0 aliphatic carbocycles. The zero-order chi connectivity index (χ0) is 18.2. The van der Waals surface area contributed by atoms with Crippen LogP contribution in [0, 0.1) is 5.92 Å². The summed E-state index contributed by atoms with van der Waals surface area (Å²) in [7, 11) is 3.48. The number of nitrogens with one attached hydrogen (secondary N) is 2. The predicted molar refractivity (Wildman–Crippen MR) is 116 cm³/mol. The lowest BCUT2D eigenvalue weighted by molar-refractivity contribution is -0.127. The van der Waals surface area contributed by atoms with Gasteiger partial charge in [-0.15, -0.1) is 24.0 Å². The standard InChI is InChI=1S/C19H30N4O2.HI/c1-14(2)9-11-20-19(21-13-18(24)23(3)4)22-16-10-12-25-17-8-6-5-7-15(16)17;/h5-8,14,16H,9-13H2,1-4H3,(H2,20,21,22);1H. The van der Waals surface area contributed by atoms with Crippen LogP contribution in [0.15, 0.2) is 29.3 Å². The van der Waals surface area contributed by atoms with Gasteiger partial charge in [0.05, 0.1) is 12.6 Å². The highest BCUT2D eigenvalue weighted by Crippen LogP contribution is 2.31. The first kappa shape index (κ1) is 22.5. The number of guanidine groups is 1. The van der Waals surface area contributed by atoms with Crippen LogP contribution in [0.4, 0.5) is 0 Å². The summed E-state index contributed by atoms with van der Waals surface area (Å²) in [4.78, 5) is 17.9. The van der Waals surface area contributed by atoms with E-state index in [1.807, 2.05) is 18.2 Å². The second kappa shape index (κ2) is 11.3. The first-order chi connectivity index (χ1) is 12.0. The van der Waals surface area contributed by atoms with Crippen LogP contribution in [0.3, 0.4) is 0 Å². The Labute approximate surface area is 173 Å². The number of ether oxygens (including phenoxy) is 1. The van der Waals surface area contributed by atoms with E-state index in [1.165, 1.54) is 0 Å². The molecule has 6 nitrogen and oxygen atoms in total. The van der Waals surface area contributed by atoms with Crippen LogP contribution >= 0.6 is 24.0 Å². The van der Waals surface area contributed by atoms with Crippen molar-refractivity contribution >= 4 is 35.8 Å². The van der Waals surface area contributed by atoms with Gasteiger partial charge in [0.25, 0.3) is 0 Å². The van der Waals surface area contributed by atoms with Crippen molar-refractivity contribution in [2.75, 3.05) is 33.8 Å². The van der Waals surface area contributed by atoms with Crippen LogP contribution in [-0.4, -0.2) is 50.6 Å². The van der Waals surface area contributed by atoms with Gasteiger partial charge >= 0.3 is 0 Å². The third-order valence-corrected chi connectivity index (χ3v) is 4.15. The van der Waals surface area contributed by atoms with Crippen LogP contribution in [-0.2, 0) is 4.79 Å². The number of nitrogens with zero attached hydrogens (tertiary/aromatic N) is 2. The molecule has 1 aromatic rings. The van der Waals surface area contributed by atoms with Crippen molar-refractivity contribution in [3.05, 3.63) is 29.8 Å². The summed E-state index contributed by atoms with van der Waals surface area (Å²) in [6.45, 7) is 6.01. The summed E-state index contributed by atoms with van der Waals surface area (Å²) in [6, 6.07) is 8.18.